The van der Waals surface area contributed by atoms with Crippen LogP contribution < -0.4 is 4.90 Å². The van der Waals surface area contributed by atoms with Crippen LogP contribution in [0.2, 0.25) is 0 Å². The predicted octanol–water partition coefficient (Wildman–Crippen LogP) is 16.6. The molecule has 13 rings (SSSR count). The van der Waals surface area contributed by atoms with Gasteiger partial charge in [-0.2, -0.15) is 0 Å². The normalized spacial score (nSPS) is 19.1. The monoisotopic (exact) mass is 819 g/mol. The average molecular weight is 820 g/mol. The maximum absolute atomic E-state index is 2.58. The highest BCUT2D eigenvalue weighted by atomic mass is 15.1. The van der Waals surface area contributed by atoms with Gasteiger partial charge in [0, 0.05) is 33.3 Å². The molecule has 1 nitrogen and oxygen atoms in total. The summed E-state index contributed by atoms with van der Waals surface area (Å²) in [6.07, 6.45) is 4.29. The fourth-order valence-electron chi connectivity index (χ4n) is 12.8. The maximum Gasteiger partial charge on any atom is 0.0465 e. The minimum atomic E-state index is -0.143. The van der Waals surface area contributed by atoms with E-state index >= 15 is 0 Å². The van der Waals surface area contributed by atoms with Crippen molar-refractivity contribution in [1.82, 2.24) is 0 Å². The van der Waals surface area contributed by atoms with Crippen molar-refractivity contribution in [2.75, 3.05) is 4.90 Å². The average Bonchev–Trinajstić information content (AvgIpc) is 3.88. The summed E-state index contributed by atoms with van der Waals surface area (Å²) in [7, 11) is 0. The highest BCUT2D eigenvalue weighted by molar-refractivity contribution is 5.94. The van der Waals surface area contributed by atoms with Gasteiger partial charge >= 0.3 is 0 Å². The Morgan fingerprint density at radius 2 is 0.766 bits per heavy atom. The van der Waals surface area contributed by atoms with Crippen molar-refractivity contribution in [2.45, 2.75) is 55.8 Å². The molecule has 0 aliphatic heterocycles. The zero-order chi connectivity index (χ0) is 42.6. The number of rotatable bonds is 5. The Kier molecular flexibility index (Phi) is 8.10. The van der Waals surface area contributed by atoms with Crippen molar-refractivity contribution in [3.63, 3.8) is 0 Å². The molecule has 0 radical (unpaired) electrons. The molecule has 0 heterocycles. The predicted molar refractivity (Wildman–Crippen MR) is 267 cm³/mol. The highest BCUT2D eigenvalue weighted by Crippen LogP contribution is 2.65. The first-order valence-electron chi connectivity index (χ1n) is 23.2. The minimum Gasteiger partial charge on any atom is -0.310 e. The zero-order valence-corrected chi connectivity index (χ0v) is 36.5. The maximum atomic E-state index is 2.58. The van der Waals surface area contributed by atoms with E-state index in [9.17, 15) is 0 Å². The van der Waals surface area contributed by atoms with E-state index in [0.717, 1.165) is 25.7 Å². The van der Waals surface area contributed by atoms with E-state index in [1.165, 1.54) is 106 Å². The Bertz CT molecular complexity index is 3290. The van der Waals surface area contributed by atoms with Gasteiger partial charge in [-0.25, -0.2) is 0 Å². The Morgan fingerprint density at radius 3 is 1.45 bits per heavy atom. The van der Waals surface area contributed by atoms with Crippen LogP contribution in [0.5, 0.6) is 0 Å². The van der Waals surface area contributed by atoms with Crippen LogP contribution in [0.4, 0.5) is 17.1 Å². The summed E-state index contributed by atoms with van der Waals surface area (Å²) in [5, 5.41) is 0. The second kappa shape index (κ2) is 13.9. The third kappa shape index (κ3) is 5.25. The fraction of sp³-hybridized carbons (Fsp3) is 0.143. The molecular weight excluding hydrogens is 771 g/mol. The lowest BCUT2D eigenvalue weighted by atomic mass is 9.57. The van der Waals surface area contributed by atoms with Crippen molar-refractivity contribution in [2.24, 2.45) is 0 Å². The van der Waals surface area contributed by atoms with Crippen molar-refractivity contribution in [3.05, 3.63) is 246 Å². The summed E-state index contributed by atoms with van der Waals surface area (Å²) < 4.78 is 0. The lowest BCUT2D eigenvalue weighted by molar-refractivity contribution is 0.265. The zero-order valence-electron chi connectivity index (χ0n) is 36.5. The molecule has 0 amide bonds. The van der Waals surface area contributed by atoms with Crippen molar-refractivity contribution in [1.29, 1.82) is 0 Å². The Balaban J connectivity index is 0.974. The van der Waals surface area contributed by atoms with Crippen molar-refractivity contribution < 1.29 is 0 Å². The molecule has 64 heavy (non-hydrogen) atoms. The number of nitrogens with zero attached hydrogens (tertiary/aromatic N) is 1. The largest absolute Gasteiger partial charge is 0.310 e. The van der Waals surface area contributed by atoms with Crippen molar-refractivity contribution >= 4 is 17.1 Å². The van der Waals surface area contributed by atoms with Gasteiger partial charge < -0.3 is 4.90 Å². The lowest BCUT2D eigenvalue weighted by Gasteiger charge is -2.46. The summed E-state index contributed by atoms with van der Waals surface area (Å²) >= 11 is 0. The lowest BCUT2D eigenvalue weighted by Crippen LogP contribution is -2.39. The van der Waals surface area contributed by atoms with E-state index in [0.29, 0.717) is 0 Å². The van der Waals surface area contributed by atoms with Gasteiger partial charge in [0.1, 0.15) is 0 Å². The van der Waals surface area contributed by atoms with Gasteiger partial charge in [-0.05, 0) is 157 Å². The molecule has 4 aliphatic rings. The highest BCUT2D eigenvalue weighted by Gasteiger charge is 2.53. The van der Waals surface area contributed by atoms with Crippen LogP contribution in [0.3, 0.4) is 0 Å². The Labute approximate surface area is 377 Å². The Morgan fingerprint density at radius 1 is 0.297 bits per heavy atom. The molecule has 1 fully saturated rings. The van der Waals surface area contributed by atoms with E-state index in [1.54, 1.807) is 0 Å². The van der Waals surface area contributed by atoms with E-state index in [4.69, 9.17) is 0 Å². The third-order valence-corrected chi connectivity index (χ3v) is 15.9. The van der Waals surface area contributed by atoms with Crippen LogP contribution in [0, 0.1) is 0 Å². The second-order valence-electron chi connectivity index (χ2n) is 19.2. The summed E-state index contributed by atoms with van der Waals surface area (Å²) in [5.41, 5.74) is 25.5. The van der Waals surface area contributed by atoms with Gasteiger partial charge in [-0.15, -0.1) is 0 Å². The molecule has 9 aromatic rings. The Hall–Kier alpha value is -7.22. The van der Waals surface area contributed by atoms with Gasteiger partial charge in [-0.1, -0.05) is 184 Å². The quantitative estimate of drug-likeness (QED) is 0.167. The molecule has 0 atom stereocenters. The van der Waals surface area contributed by atoms with Gasteiger partial charge in [-0.3, -0.25) is 0 Å². The van der Waals surface area contributed by atoms with Gasteiger partial charge in [0.25, 0.3) is 0 Å². The van der Waals surface area contributed by atoms with E-state index in [-0.39, 0.29) is 16.2 Å². The van der Waals surface area contributed by atoms with Crippen LogP contribution in [0.15, 0.2) is 212 Å². The van der Waals surface area contributed by atoms with Crippen LogP contribution in [-0.2, 0) is 16.2 Å². The standard InChI is InChI=1S/C63H49N/c1-61(2)54-26-14-12-23-49(54)50-33-30-46(40-57(50)61)64(45-21-10-5-11-22-45)47-31-34-52-51-32-29-44(42-17-6-3-7-18-42)39-58(51)63(59(52)41-47)37-35-62(36-38-63)55-27-15-13-24-53(55)60-48(25-16-28-56(60)62)43-19-8-4-9-20-43/h3-34,39-41H,35-38H2,1-2H3. The topological polar surface area (TPSA) is 3.24 Å². The molecule has 0 bridgehead atoms. The van der Waals surface area contributed by atoms with E-state index in [2.05, 4.69) is 231 Å². The summed E-state index contributed by atoms with van der Waals surface area (Å²) in [6.45, 7) is 4.77. The van der Waals surface area contributed by atoms with Gasteiger partial charge in [0.05, 0.1) is 0 Å². The molecule has 0 aromatic heterocycles. The molecule has 0 N–H and O–H groups in total. The minimum absolute atomic E-state index is 0.0512. The van der Waals surface area contributed by atoms with Crippen molar-refractivity contribution in [3.8, 4) is 55.6 Å². The number of hydrogen-bond acceptors (Lipinski definition) is 1. The van der Waals surface area contributed by atoms with Gasteiger partial charge in [0.15, 0.2) is 0 Å². The van der Waals surface area contributed by atoms with Crippen LogP contribution >= 0.6 is 0 Å². The van der Waals surface area contributed by atoms with Crippen LogP contribution in [0.25, 0.3) is 55.6 Å². The van der Waals surface area contributed by atoms with Gasteiger partial charge in [0.2, 0.25) is 0 Å². The summed E-state index contributed by atoms with van der Waals surface area (Å²) in [4.78, 5) is 2.50. The molecule has 1 saturated carbocycles. The first-order valence-corrected chi connectivity index (χ1v) is 23.2. The second-order valence-corrected chi connectivity index (χ2v) is 19.2. The van der Waals surface area contributed by atoms with Crippen LogP contribution in [-0.4, -0.2) is 0 Å². The number of anilines is 3. The number of benzene rings is 9. The fourth-order valence-corrected chi connectivity index (χ4v) is 12.8. The molecule has 9 aromatic carbocycles. The third-order valence-electron chi connectivity index (χ3n) is 15.9. The number of fused-ring (bicyclic) bond motifs is 13. The first-order chi connectivity index (χ1) is 31.4. The first kappa shape index (κ1) is 37.3. The smallest absolute Gasteiger partial charge is 0.0465 e. The molecule has 0 unspecified atom stereocenters. The molecule has 2 spiro atoms. The SMILES string of the molecule is CC1(C)c2ccccc2-c2ccc(N(c3ccccc3)c3ccc4c(c3)C3(CCC5(CC3)c3ccccc3-c3c(-c6ccccc6)cccc35)c3cc(-c5ccccc5)ccc3-4)cc21. The molecule has 4 aliphatic carbocycles. The summed E-state index contributed by atoms with van der Waals surface area (Å²) in [5.74, 6) is 0. The molecule has 0 saturated heterocycles. The molecular formula is C63H49N. The molecule has 1 heteroatoms. The van der Waals surface area contributed by atoms with E-state index < -0.39 is 0 Å². The van der Waals surface area contributed by atoms with Crippen LogP contribution in [0.1, 0.15) is 72.9 Å². The van der Waals surface area contributed by atoms with E-state index in [1.807, 2.05) is 0 Å². The summed E-state index contributed by atoms with van der Waals surface area (Å²) in [6, 6.07) is 80.3. The molecule has 306 valence electrons. The number of hydrogen-bond donors (Lipinski definition) is 0. The number of para-hydroxylation sites is 1.